The highest BCUT2D eigenvalue weighted by atomic mass is 35.5. The third kappa shape index (κ3) is 4.22. The minimum Gasteiger partial charge on any atom is -0.282 e. The summed E-state index contributed by atoms with van der Waals surface area (Å²) in [5.41, 5.74) is 2.42. The Balaban J connectivity index is 1.69. The zero-order chi connectivity index (χ0) is 20.5. The molecule has 9 heteroatoms. The van der Waals surface area contributed by atoms with Gasteiger partial charge in [0.1, 0.15) is 0 Å². The van der Waals surface area contributed by atoms with Crippen molar-refractivity contribution in [2.75, 3.05) is 0 Å². The van der Waals surface area contributed by atoms with E-state index in [0.717, 1.165) is 17.2 Å². The van der Waals surface area contributed by atoms with Gasteiger partial charge in [0.25, 0.3) is 17.1 Å². The molecule has 2 aliphatic heterocycles. The second-order valence-electron chi connectivity index (χ2n) is 6.36. The van der Waals surface area contributed by atoms with E-state index in [2.05, 4.69) is 10.4 Å². The molecule has 0 aromatic heterocycles. The molecule has 0 aliphatic carbocycles. The van der Waals surface area contributed by atoms with Crippen molar-refractivity contribution < 1.29 is 14.4 Å². The van der Waals surface area contributed by atoms with E-state index in [1.807, 2.05) is 24.3 Å². The molecule has 0 radical (unpaired) electrons. The number of rotatable bonds is 3. The van der Waals surface area contributed by atoms with Gasteiger partial charge in [-0.05, 0) is 47.2 Å². The topological polar surface area (TPSA) is 78.8 Å². The van der Waals surface area contributed by atoms with Gasteiger partial charge in [0, 0.05) is 22.5 Å². The fourth-order valence-corrected chi connectivity index (χ4v) is 3.97. The van der Waals surface area contributed by atoms with Crippen LogP contribution in [0, 0.1) is 0 Å². The third-order valence-electron chi connectivity index (χ3n) is 4.46. The number of nitrogens with one attached hydrogen (secondary N) is 1. The number of amides is 3. The second kappa shape index (κ2) is 8.02. The molecule has 1 unspecified atom stereocenters. The number of benzene rings is 2. The van der Waals surface area contributed by atoms with Crippen LogP contribution in [0.25, 0.3) is 0 Å². The Hall–Kier alpha value is -2.61. The van der Waals surface area contributed by atoms with Crippen LogP contribution in [0.3, 0.4) is 0 Å². The second-order valence-corrected chi connectivity index (χ2v) is 8.25. The number of carbonyl (C=O) groups is 3. The molecule has 0 bridgehead atoms. The van der Waals surface area contributed by atoms with Crippen molar-refractivity contribution in [3.8, 4) is 0 Å². The Morgan fingerprint density at radius 3 is 2.28 bits per heavy atom. The molecule has 2 aromatic rings. The Bertz CT molecular complexity index is 1070. The van der Waals surface area contributed by atoms with Crippen LogP contribution in [-0.4, -0.2) is 27.8 Å². The lowest BCUT2D eigenvalue weighted by molar-refractivity contribution is -0.128. The molecule has 146 valence electrons. The summed E-state index contributed by atoms with van der Waals surface area (Å²) in [5, 5.41) is 8.66. The molecule has 2 aromatic carbocycles. The van der Waals surface area contributed by atoms with Crippen molar-refractivity contribution in [2.45, 2.75) is 12.5 Å². The van der Waals surface area contributed by atoms with E-state index in [1.54, 1.807) is 24.3 Å². The molecule has 0 saturated carbocycles. The van der Waals surface area contributed by atoms with Gasteiger partial charge in [-0.15, -0.1) is 0 Å². The van der Waals surface area contributed by atoms with Gasteiger partial charge < -0.3 is 0 Å². The summed E-state index contributed by atoms with van der Waals surface area (Å²) >= 11 is 12.6. The number of hydrogen-bond acceptors (Lipinski definition) is 5. The molecule has 2 heterocycles. The summed E-state index contributed by atoms with van der Waals surface area (Å²) in [6.07, 6.45) is 1.62. The molecular formula is C20H13Cl2N3O3S. The van der Waals surface area contributed by atoms with Gasteiger partial charge in [-0.2, -0.15) is 5.10 Å². The van der Waals surface area contributed by atoms with Crippen LogP contribution in [0.1, 0.15) is 23.6 Å². The number of hydrogen-bond donors (Lipinski definition) is 1. The van der Waals surface area contributed by atoms with Gasteiger partial charge >= 0.3 is 0 Å². The van der Waals surface area contributed by atoms with Crippen LogP contribution in [-0.2, 0) is 9.59 Å². The number of carbonyl (C=O) groups excluding carboxylic acids is 3. The Morgan fingerprint density at radius 2 is 1.69 bits per heavy atom. The molecule has 1 N–H and O–H groups in total. The zero-order valence-electron chi connectivity index (χ0n) is 14.8. The quantitative estimate of drug-likeness (QED) is 0.703. The number of thioether (sulfide) groups is 1. The maximum absolute atomic E-state index is 12.9. The van der Waals surface area contributed by atoms with Gasteiger partial charge in [0.05, 0.1) is 16.7 Å². The minimum absolute atomic E-state index is 0.0463. The van der Waals surface area contributed by atoms with Crippen molar-refractivity contribution in [1.82, 2.24) is 10.3 Å². The molecule has 2 aliphatic rings. The van der Waals surface area contributed by atoms with Crippen molar-refractivity contribution in [2.24, 2.45) is 5.10 Å². The third-order valence-corrected chi connectivity index (χ3v) is 5.78. The summed E-state index contributed by atoms with van der Waals surface area (Å²) in [6, 6.07) is 14.0. The van der Waals surface area contributed by atoms with Gasteiger partial charge in [0.15, 0.2) is 0 Å². The van der Waals surface area contributed by atoms with Crippen LogP contribution in [0.15, 0.2) is 64.6 Å². The molecule has 1 fully saturated rings. The van der Waals surface area contributed by atoms with E-state index in [1.165, 1.54) is 5.01 Å². The number of nitrogens with zero attached hydrogens (tertiary/aromatic N) is 2. The highest BCUT2D eigenvalue weighted by Gasteiger charge is 2.34. The molecule has 29 heavy (non-hydrogen) atoms. The number of imide groups is 1. The van der Waals surface area contributed by atoms with E-state index in [-0.39, 0.29) is 10.9 Å². The van der Waals surface area contributed by atoms with E-state index in [0.29, 0.717) is 33.9 Å². The number of halogens is 2. The lowest BCUT2D eigenvalue weighted by Crippen LogP contribution is -2.26. The molecule has 4 rings (SSSR count). The largest absolute Gasteiger partial charge is 0.290 e. The van der Waals surface area contributed by atoms with E-state index < -0.39 is 17.1 Å². The fraction of sp³-hybridized carbons (Fsp3) is 0.100. The molecule has 3 amide bonds. The van der Waals surface area contributed by atoms with Crippen LogP contribution >= 0.6 is 35.0 Å². The highest BCUT2D eigenvalue weighted by Crippen LogP contribution is 2.34. The molecule has 6 nitrogen and oxygen atoms in total. The lowest BCUT2D eigenvalue weighted by Gasteiger charge is -2.21. The highest BCUT2D eigenvalue weighted by molar-refractivity contribution is 8.18. The van der Waals surface area contributed by atoms with Crippen molar-refractivity contribution in [3.05, 3.63) is 80.7 Å². The predicted molar refractivity (Wildman–Crippen MR) is 113 cm³/mol. The van der Waals surface area contributed by atoms with Crippen LogP contribution < -0.4 is 5.32 Å². The normalized spacial score (nSPS) is 20.2. The predicted octanol–water partition coefficient (Wildman–Crippen LogP) is 4.54. The number of hydrazone groups is 1. The van der Waals surface area contributed by atoms with Crippen molar-refractivity contribution >= 4 is 57.7 Å². The Kier molecular flexibility index (Phi) is 5.45. The average molecular weight is 446 g/mol. The summed E-state index contributed by atoms with van der Waals surface area (Å²) < 4.78 is 0. The summed E-state index contributed by atoms with van der Waals surface area (Å²) in [5.74, 6) is -1.07. The Labute approximate surface area is 180 Å². The van der Waals surface area contributed by atoms with Crippen molar-refractivity contribution in [3.63, 3.8) is 0 Å². The van der Waals surface area contributed by atoms with Crippen LogP contribution in [0.5, 0.6) is 0 Å². The standard InChI is InChI=1S/C20H13Cl2N3O3S/c21-13-5-1-11(2-6-13)15-9-16(12-3-7-14(22)8-4-12)25(24-15)18(26)10-17-19(27)23-20(28)29-17/h1-8,10,16H,9H2,(H,23,27,28)/b17-10-. The monoisotopic (exact) mass is 445 g/mol. The van der Waals surface area contributed by atoms with Gasteiger partial charge in [-0.3, -0.25) is 19.7 Å². The molecule has 1 saturated heterocycles. The van der Waals surface area contributed by atoms with E-state index in [4.69, 9.17) is 23.2 Å². The maximum atomic E-state index is 12.9. The smallest absolute Gasteiger partial charge is 0.282 e. The van der Waals surface area contributed by atoms with E-state index >= 15 is 0 Å². The first-order valence-electron chi connectivity index (χ1n) is 8.57. The Morgan fingerprint density at radius 1 is 1.07 bits per heavy atom. The van der Waals surface area contributed by atoms with Gasteiger partial charge in [0.2, 0.25) is 0 Å². The first kappa shape index (κ1) is 19.7. The van der Waals surface area contributed by atoms with Crippen LogP contribution in [0.2, 0.25) is 10.0 Å². The average Bonchev–Trinajstić information content (AvgIpc) is 3.26. The van der Waals surface area contributed by atoms with E-state index in [9.17, 15) is 14.4 Å². The lowest BCUT2D eigenvalue weighted by atomic mass is 9.98. The molecule has 1 atom stereocenters. The molecule has 0 spiro atoms. The fourth-order valence-electron chi connectivity index (χ4n) is 3.07. The first-order chi connectivity index (χ1) is 13.9. The zero-order valence-corrected chi connectivity index (χ0v) is 17.1. The minimum atomic E-state index is -0.586. The van der Waals surface area contributed by atoms with Crippen LogP contribution in [0.4, 0.5) is 4.79 Å². The summed E-state index contributed by atoms with van der Waals surface area (Å²) in [7, 11) is 0. The molecular weight excluding hydrogens is 433 g/mol. The first-order valence-corrected chi connectivity index (χ1v) is 10.1. The van der Waals surface area contributed by atoms with Gasteiger partial charge in [-0.1, -0.05) is 47.5 Å². The maximum Gasteiger partial charge on any atom is 0.290 e. The summed E-state index contributed by atoms with van der Waals surface area (Å²) in [4.78, 5) is 36.1. The van der Waals surface area contributed by atoms with Crippen molar-refractivity contribution in [1.29, 1.82) is 0 Å². The SMILES string of the molecule is O=C1NC(=O)/C(=C/C(=O)N2N=C(c3ccc(Cl)cc3)CC2c2ccc(Cl)cc2)S1. The van der Waals surface area contributed by atoms with Gasteiger partial charge in [-0.25, -0.2) is 5.01 Å². The summed E-state index contributed by atoms with van der Waals surface area (Å²) in [6.45, 7) is 0.